The minimum Gasteiger partial charge on any atom is -0.494 e. The van der Waals surface area contributed by atoms with Crippen LogP contribution in [0.5, 0.6) is 17.4 Å². The van der Waals surface area contributed by atoms with E-state index >= 15 is 0 Å². The van der Waals surface area contributed by atoms with Gasteiger partial charge in [0.05, 0.1) is 30.4 Å². The SMILES string of the molecule is CCCOc1ccccc1C1C(C#N)=C(N)Oc2n[nH]c(-c3ccc(OCC)cc3)c21. The number of H-pyrrole nitrogens is 1. The Bertz CT molecular complexity index is 1140. The van der Waals surface area contributed by atoms with E-state index in [-0.39, 0.29) is 5.88 Å². The molecule has 2 aromatic carbocycles. The number of nitrogens with one attached hydrogen (secondary N) is 1. The first-order valence-electron chi connectivity index (χ1n) is 10.3. The summed E-state index contributed by atoms with van der Waals surface area (Å²) in [5, 5.41) is 17.3. The maximum absolute atomic E-state index is 9.92. The fourth-order valence-electron chi connectivity index (χ4n) is 3.72. The second-order valence-corrected chi connectivity index (χ2v) is 7.09. The molecule has 3 N–H and O–H groups in total. The van der Waals surface area contributed by atoms with E-state index in [1.807, 2.05) is 62.4 Å². The monoisotopic (exact) mass is 416 g/mol. The number of rotatable bonds is 7. The number of fused-ring (bicyclic) bond motifs is 1. The lowest BCUT2D eigenvalue weighted by molar-refractivity contribution is 0.312. The Hall–Kier alpha value is -3.92. The maximum atomic E-state index is 9.92. The van der Waals surface area contributed by atoms with Crippen LogP contribution in [0.2, 0.25) is 0 Å². The van der Waals surface area contributed by atoms with E-state index in [0.29, 0.717) is 30.4 Å². The van der Waals surface area contributed by atoms with Crippen molar-refractivity contribution in [3.63, 3.8) is 0 Å². The summed E-state index contributed by atoms with van der Waals surface area (Å²) in [4.78, 5) is 0. The second-order valence-electron chi connectivity index (χ2n) is 7.09. The molecule has 31 heavy (non-hydrogen) atoms. The van der Waals surface area contributed by atoms with Crippen LogP contribution in [0.15, 0.2) is 60.0 Å². The van der Waals surface area contributed by atoms with Crippen LogP contribution in [0, 0.1) is 11.3 Å². The largest absolute Gasteiger partial charge is 0.494 e. The van der Waals surface area contributed by atoms with Crippen molar-refractivity contribution in [2.45, 2.75) is 26.2 Å². The number of hydrogen-bond acceptors (Lipinski definition) is 6. The van der Waals surface area contributed by atoms with Crippen LogP contribution in [-0.4, -0.2) is 23.4 Å². The number of allylic oxidation sites excluding steroid dienone is 1. The van der Waals surface area contributed by atoms with Crippen molar-refractivity contribution in [3.05, 3.63) is 71.1 Å². The van der Waals surface area contributed by atoms with Gasteiger partial charge in [0, 0.05) is 11.1 Å². The Balaban J connectivity index is 1.86. The highest BCUT2D eigenvalue weighted by molar-refractivity contribution is 5.72. The van der Waals surface area contributed by atoms with E-state index in [4.69, 9.17) is 19.9 Å². The van der Waals surface area contributed by atoms with Gasteiger partial charge in [-0.05, 0) is 43.7 Å². The normalized spacial score (nSPS) is 15.1. The van der Waals surface area contributed by atoms with Gasteiger partial charge in [-0.1, -0.05) is 25.1 Å². The summed E-state index contributed by atoms with van der Waals surface area (Å²) in [5.74, 6) is 1.43. The van der Waals surface area contributed by atoms with Crippen LogP contribution in [0.3, 0.4) is 0 Å². The van der Waals surface area contributed by atoms with Crippen molar-refractivity contribution < 1.29 is 14.2 Å². The topological polar surface area (TPSA) is 106 Å². The van der Waals surface area contributed by atoms with E-state index in [9.17, 15) is 5.26 Å². The highest BCUT2D eigenvalue weighted by Gasteiger charge is 2.37. The Morgan fingerprint density at radius 3 is 2.61 bits per heavy atom. The summed E-state index contributed by atoms with van der Waals surface area (Å²) in [6.07, 6.45) is 0.875. The van der Waals surface area contributed by atoms with Crippen LogP contribution >= 0.6 is 0 Å². The molecular weight excluding hydrogens is 392 g/mol. The third-order valence-corrected chi connectivity index (χ3v) is 5.08. The number of ether oxygens (including phenoxy) is 3. The Kier molecular flexibility index (Phi) is 5.80. The van der Waals surface area contributed by atoms with Gasteiger partial charge in [-0.3, -0.25) is 5.10 Å². The zero-order valence-corrected chi connectivity index (χ0v) is 17.5. The van der Waals surface area contributed by atoms with E-state index in [1.165, 1.54) is 0 Å². The molecule has 1 aromatic heterocycles. The number of benzene rings is 2. The highest BCUT2D eigenvalue weighted by atomic mass is 16.5. The van der Waals surface area contributed by atoms with E-state index in [2.05, 4.69) is 16.3 Å². The lowest BCUT2D eigenvalue weighted by Gasteiger charge is -2.25. The number of aromatic amines is 1. The third-order valence-electron chi connectivity index (χ3n) is 5.08. The highest BCUT2D eigenvalue weighted by Crippen LogP contribution is 2.47. The quantitative estimate of drug-likeness (QED) is 0.588. The van der Waals surface area contributed by atoms with E-state index in [1.54, 1.807) is 0 Å². The number of nitrogens with zero attached hydrogens (tertiary/aromatic N) is 2. The zero-order chi connectivity index (χ0) is 21.8. The predicted octanol–water partition coefficient (Wildman–Crippen LogP) is 4.48. The molecule has 1 unspecified atom stereocenters. The van der Waals surface area contributed by atoms with Crippen LogP contribution in [-0.2, 0) is 0 Å². The molecule has 4 rings (SSSR count). The Morgan fingerprint density at radius 2 is 1.90 bits per heavy atom. The van der Waals surface area contributed by atoms with Gasteiger partial charge >= 0.3 is 0 Å². The molecule has 7 heteroatoms. The molecule has 1 aliphatic heterocycles. The van der Waals surface area contributed by atoms with Crippen LogP contribution in [0.25, 0.3) is 11.3 Å². The molecule has 0 saturated heterocycles. The summed E-state index contributed by atoms with van der Waals surface area (Å²) in [7, 11) is 0. The molecule has 0 amide bonds. The standard InChI is InChI=1S/C24H24N4O3/c1-3-13-30-19-8-6-5-7-17(19)20-18(14-25)23(26)31-24-21(20)22(27-28-24)15-9-11-16(12-10-15)29-4-2/h5-12,20H,3-4,13,26H2,1-2H3,(H,27,28). The maximum Gasteiger partial charge on any atom is 0.244 e. The van der Waals surface area contributed by atoms with Gasteiger partial charge in [-0.25, -0.2) is 0 Å². The molecule has 3 aromatic rings. The first-order valence-corrected chi connectivity index (χ1v) is 10.3. The van der Waals surface area contributed by atoms with Gasteiger partial charge in [0.2, 0.25) is 11.8 Å². The molecule has 158 valence electrons. The Labute approximate surface area is 181 Å². The fraction of sp³-hybridized carbons (Fsp3) is 0.250. The molecular formula is C24H24N4O3. The third kappa shape index (κ3) is 3.80. The number of para-hydroxylation sites is 1. The van der Waals surface area contributed by atoms with E-state index in [0.717, 1.165) is 34.6 Å². The van der Waals surface area contributed by atoms with Gasteiger partial charge in [-0.15, -0.1) is 5.10 Å². The van der Waals surface area contributed by atoms with Crippen molar-refractivity contribution in [2.24, 2.45) is 5.73 Å². The summed E-state index contributed by atoms with van der Waals surface area (Å²) in [5.41, 5.74) is 9.68. The number of nitriles is 1. The van der Waals surface area contributed by atoms with Crippen molar-refractivity contribution in [1.82, 2.24) is 10.2 Å². The first-order chi connectivity index (χ1) is 15.2. The minimum absolute atomic E-state index is 0.0510. The lowest BCUT2D eigenvalue weighted by atomic mass is 9.82. The van der Waals surface area contributed by atoms with Crippen LogP contribution < -0.4 is 19.9 Å². The second kappa shape index (κ2) is 8.84. The van der Waals surface area contributed by atoms with Gasteiger partial charge in [0.15, 0.2) is 0 Å². The molecule has 1 atom stereocenters. The van der Waals surface area contributed by atoms with Gasteiger partial charge in [-0.2, -0.15) is 5.26 Å². The van der Waals surface area contributed by atoms with E-state index < -0.39 is 5.92 Å². The molecule has 0 spiro atoms. The molecule has 0 bridgehead atoms. The van der Waals surface area contributed by atoms with Gasteiger partial charge in [0.25, 0.3) is 0 Å². The average molecular weight is 416 g/mol. The number of nitrogens with two attached hydrogens (primary N) is 1. The fourth-order valence-corrected chi connectivity index (χ4v) is 3.72. The first kappa shape index (κ1) is 20.4. The minimum atomic E-state index is -0.470. The summed E-state index contributed by atoms with van der Waals surface area (Å²) < 4.78 is 17.2. The van der Waals surface area contributed by atoms with Crippen molar-refractivity contribution in [1.29, 1.82) is 5.26 Å². The molecule has 7 nitrogen and oxygen atoms in total. The summed E-state index contributed by atoms with van der Waals surface area (Å²) >= 11 is 0. The molecule has 0 radical (unpaired) electrons. The molecule has 1 aliphatic rings. The smallest absolute Gasteiger partial charge is 0.244 e. The molecule has 0 fully saturated rings. The van der Waals surface area contributed by atoms with Gasteiger partial charge in [0.1, 0.15) is 23.1 Å². The van der Waals surface area contributed by atoms with Crippen molar-refractivity contribution in [3.8, 4) is 34.7 Å². The molecule has 0 saturated carbocycles. The van der Waals surface area contributed by atoms with Gasteiger partial charge < -0.3 is 19.9 Å². The number of aromatic nitrogens is 2. The lowest BCUT2D eigenvalue weighted by Crippen LogP contribution is -2.21. The molecule has 0 aliphatic carbocycles. The van der Waals surface area contributed by atoms with Crippen LogP contribution in [0.1, 0.15) is 37.3 Å². The summed E-state index contributed by atoms with van der Waals surface area (Å²) in [6, 6.07) is 17.6. The van der Waals surface area contributed by atoms with Crippen molar-refractivity contribution in [2.75, 3.05) is 13.2 Å². The number of hydrogen-bond donors (Lipinski definition) is 2. The van der Waals surface area contributed by atoms with Crippen LogP contribution in [0.4, 0.5) is 0 Å². The molecule has 2 heterocycles. The van der Waals surface area contributed by atoms with Crippen molar-refractivity contribution >= 4 is 0 Å². The zero-order valence-electron chi connectivity index (χ0n) is 17.5. The summed E-state index contributed by atoms with van der Waals surface area (Å²) in [6.45, 7) is 5.16. The average Bonchev–Trinajstić information content (AvgIpc) is 3.21. The Morgan fingerprint density at radius 1 is 1.13 bits per heavy atom. The predicted molar refractivity (Wildman–Crippen MR) is 117 cm³/mol.